The monoisotopic (exact) mass is 406 g/mol. The standard InChI is InChI=1S/C24H26N2O4/c1-29-22(27)13-12-20-23-18(17-10-6-7-11-19(17)25-23)14-21(24(28)30-2)26(20)15-16-8-4-3-5-9-16/h3-11,20-21,25H,12-15H2,1-2H3/t20-,21+/m1/s1. The highest BCUT2D eigenvalue weighted by molar-refractivity contribution is 5.87. The predicted molar refractivity (Wildman–Crippen MR) is 114 cm³/mol. The number of hydrogen-bond donors (Lipinski definition) is 1. The Morgan fingerprint density at radius 1 is 1.03 bits per heavy atom. The van der Waals surface area contributed by atoms with Gasteiger partial charge in [-0.1, -0.05) is 48.5 Å². The van der Waals surface area contributed by atoms with Crippen LogP contribution in [-0.4, -0.2) is 42.1 Å². The molecule has 1 aliphatic rings. The van der Waals surface area contributed by atoms with E-state index in [-0.39, 0.29) is 24.4 Å². The molecular weight excluding hydrogens is 380 g/mol. The van der Waals surface area contributed by atoms with E-state index in [1.165, 1.54) is 14.2 Å². The average Bonchev–Trinajstić information content (AvgIpc) is 3.16. The number of benzene rings is 2. The van der Waals surface area contributed by atoms with E-state index >= 15 is 0 Å². The van der Waals surface area contributed by atoms with Gasteiger partial charge in [-0.05, 0) is 23.6 Å². The second-order valence-corrected chi connectivity index (χ2v) is 7.59. The summed E-state index contributed by atoms with van der Waals surface area (Å²) in [5.74, 6) is -0.516. The number of H-pyrrole nitrogens is 1. The highest BCUT2D eigenvalue weighted by Gasteiger charge is 2.40. The number of nitrogens with zero attached hydrogens (tertiary/aromatic N) is 1. The molecule has 0 saturated heterocycles. The van der Waals surface area contributed by atoms with Gasteiger partial charge in [0.1, 0.15) is 6.04 Å². The molecule has 156 valence electrons. The molecule has 2 atom stereocenters. The number of carbonyl (C=O) groups is 2. The fourth-order valence-corrected chi connectivity index (χ4v) is 4.46. The van der Waals surface area contributed by atoms with Gasteiger partial charge in [-0.15, -0.1) is 0 Å². The van der Waals surface area contributed by atoms with Gasteiger partial charge in [-0.25, -0.2) is 0 Å². The van der Waals surface area contributed by atoms with Gasteiger partial charge in [0.25, 0.3) is 0 Å². The first-order valence-electron chi connectivity index (χ1n) is 10.2. The minimum Gasteiger partial charge on any atom is -0.469 e. The predicted octanol–water partition coefficient (Wildman–Crippen LogP) is 3.76. The topological polar surface area (TPSA) is 71.6 Å². The Morgan fingerprint density at radius 3 is 2.50 bits per heavy atom. The van der Waals surface area contributed by atoms with E-state index in [2.05, 4.69) is 16.0 Å². The van der Waals surface area contributed by atoms with Crippen molar-refractivity contribution in [3.63, 3.8) is 0 Å². The Hall–Kier alpha value is -3.12. The Labute approximate surface area is 175 Å². The average molecular weight is 406 g/mol. The van der Waals surface area contributed by atoms with Crippen molar-refractivity contribution in [1.82, 2.24) is 9.88 Å². The van der Waals surface area contributed by atoms with Gasteiger partial charge < -0.3 is 14.5 Å². The molecule has 30 heavy (non-hydrogen) atoms. The molecular formula is C24H26N2O4. The largest absolute Gasteiger partial charge is 0.469 e. The van der Waals surface area contributed by atoms with E-state index < -0.39 is 6.04 Å². The SMILES string of the molecule is COC(=O)CC[C@@H]1c2[nH]c3ccccc3c2C[C@@H](C(=O)OC)N1Cc1ccccc1. The van der Waals surface area contributed by atoms with Gasteiger partial charge in [0.05, 0.1) is 20.3 Å². The van der Waals surface area contributed by atoms with Crippen LogP contribution in [0.1, 0.15) is 35.7 Å². The van der Waals surface area contributed by atoms with Gasteiger partial charge in [0, 0.05) is 36.0 Å². The first kappa shape index (κ1) is 20.2. The number of para-hydroxylation sites is 1. The van der Waals surface area contributed by atoms with Crippen molar-refractivity contribution in [2.45, 2.75) is 37.9 Å². The van der Waals surface area contributed by atoms with Gasteiger partial charge in [0.15, 0.2) is 0 Å². The van der Waals surface area contributed by atoms with E-state index in [1.54, 1.807) is 0 Å². The van der Waals surface area contributed by atoms with Crippen LogP contribution in [0.15, 0.2) is 54.6 Å². The van der Waals surface area contributed by atoms with Crippen LogP contribution in [0.2, 0.25) is 0 Å². The molecule has 1 N–H and O–H groups in total. The van der Waals surface area contributed by atoms with E-state index in [1.807, 2.05) is 48.5 Å². The molecule has 4 rings (SSSR count). The first-order chi connectivity index (χ1) is 14.6. The smallest absolute Gasteiger partial charge is 0.323 e. The maximum absolute atomic E-state index is 12.8. The van der Waals surface area contributed by atoms with Crippen molar-refractivity contribution >= 4 is 22.8 Å². The fraction of sp³-hybridized carbons (Fsp3) is 0.333. The molecule has 2 aromatic carbocycles. The zero-order valence-electron chi connectivity index (χ0n) is 17.3. The van der Waals surface area contributed by atoms with Crippen molar-refractivity contribution in [3.05, 3.63) is 71.4 Å². The molecule has 6 nitrogen and oxygen atoms in total. The zero-order chi connectivity index (χ0) is 21.1. The molecule has 0 saturated carbocycles. The van der Waals surface area contributed by atoms with E-state index in [9.17, 15) is 9.59 Å². The van der Waals surface area contributed by atoms with Gasteiger partial charge in [-0.2, -0.15) is 0 Å². The van der Waals surface area contributed by atoms with Gasteiger partial charge in [0.2, 0.25) is 0 Å². The number of esters is 2. The van der Waals surface area contributed by atoms with Crippen molar-refractivity contribution in [2.24, 2.45) is 0 Å². The number of hydrogen-bond acceptors (Lipinski definition) is 5. The molecule has 0 amide bonds. The van der Waals surface area contributed by atoms with Crippen LogP contribution in [0.25, 0.3) is 10.9 Å². The molecule has 0 unspecified atom stereocenters. The Kier molecular flexibility index (Phi) is 5.86. The van der Waals surface area contributed by atoms with Crippen LogP contribution in [0.3, 0.4) is 0 Å². The Bertz CT molecular complexity index is 1040. The van der Waals surface area contributed by atoms with Crippen molar-refractivity contribution in [2.75, 3.05) is 14.2 Å². The lowest BCUT2D eigenvalue weighted by Crippen LogP contribution is -2.48. The molecule has 0 radical (unpaired) electrons. The summed E-state index contributed by atoms with van der Waals surface area (Å²) in [6.07, 6.45) is 1.38. The summed E-state index contributed by atoms with van der Waals surface area (Å²) in [5.41, 5.74) is 4.33. The molecule has 0 spiro atoms. The van der Waals surface area contributed by atoms with Crippen LogP contribution in [0.4, 0.5) is 0 Å². The zero-order valence-corrected chi connectivity index (χ0v) is 17.3. The number of nitrogens with one attached hydrogen (secondary N) is 1. The minimum absolute atomic E-state index is 0.135. The summed E-state index contributed by atoms with van der Waals surface area (Å²) in [6.45, 7) is 0.585. The molecule has 1 aliphatic heterocycles. The summed E-state index contributed by atoms with van der Waals surface area (Å²) in [6, 6.07) is 17.6. The number of rotatable bonds is 6. The van der Waals surface area contributed by atoms with Crippen LogP contribution in [-0.2, 0) is 32.0 Å². The van der Waals surface area contributed by atoms with Gasteiger partial charge in [-0.3, -0.25) is 14.5 Å². The third-order valence-electron chi connectivity index (χ3n) is 5.91. The summed E-state index contributed by atoms with van der Waals surface area (Å²) in [5, 5.41) is 1.11. The van der Waals surface area contributed by atoms with Crippen LogP contribution in [0, 0.1) is 0 Å². The lowest BCUT2D eigenvalue weighted by molar-refractivity contribution is -0.149. The quantitative estimate of drug-likeness (QED) is 0.631. The minimum atomic E-state index is -0.426. The Balaban J connectivity index is 1.79. The van der Waals surface area contributed by atoms with E-state index in [0.717, 1.165) is 27.7 Å². The maximum atomic E-state index is 12.8. The number of carbonyl (C=O) groups excluding carboxylic acids is 2. The highest BCUT2D eigenvalue weighted by atomic mass is 16.5. The highest BCUT2D eigenvalue weighted by Crippen LogP contribution is 2.40. The van der Waals surface area contributed by atoms with Crippen LogP contribution < -0.4 is 0 Å². The van der Waals surface area contributed by atoms with Crippen LogP contribution in [0.5, 0.6) is 0 Å². The number of aromatic nitrogens is 1. The molecule has 0 aliphatic carbocycles. The van der Waals surface area contributed by atoms with Crippen molar-refractivity contribution in [1.29, 1.82) is 0 Å². The molecule has 2 heterocycles. The van der Waals surface area contributed by atoms with Gasteiger partial charge >= 0.3 is 11.9 Å². The van der Waals surface area contributed by atoms with E-state index in [4.69, 9.17) is 9.47 Å². The third-order valence-corrected chi connectivity index (χ3v) is 5.91. The number of fused-ring (bicyclic) bond motifs is 3. The number of ether oxygens (including phenoxy) is 2. The molecule has 0 bridgehead atoms. The Morgan fingerprint density at radius 2 is 1.77 bits per heavy atom. The molecule has 0 fully saturated rings. The van der Waals surface area contributed by atoms with Crippen LogP contribution >= 0.6 is 0 Å². The summed E-state index contributed by atoms with van der Waals surface area (Å²) in [4.78, 5) is 30.5. The second kappa shape index (κ2) is 8.71. The number of aromatic amines is 1. The lowest BCUT2D eigenvalue weighted by Gasteiger charge is -2.40. The lowest BCUT2D eigenvalue weighted by atomic mass is 9.89. The summed E-state index contributed by atoms with van der Waals surface area (Å²) in [7, 11) is 2.83. The second-order valence-electron chi connectivity index (χ2n) is 7.59. The summed E-state index contributed by atoms with van der Waals surface area (Å²) >= 11 is 0. The molecule has 1 aromatic heterocycles. The fourth-order valence-electron chi connectivity index (χ4n) is 4.46. The normalized spacial score (nSPS) is 18.7. The molecule has 3 aromatic rings. The van der Waals surface area contributed by atoms with Crippen molar-refractivity contribution < 1.29 is 19.1 Å². The maximum Gasteiger partial charge on any atom is 0.323 e. The number of methoxy groups -OCH3 is 2. The third kappa shape index (κ3) is 3.83. The van der Waals surface area contributed by atoms with Crippen molar-refractivity contribution in [3.8, 4) is 0 Å². The first-order valence-corrected chi connectivity index (χ1v) is 10.2. The molecule has 6 heteroatoms. The summed E-state index contributed by atoms with van der Waals surface area (Å²) < 4.78 is 10.1. The van der Waals surface area contributed by atoms with E-state index in [0.29, 0.717) is 19.4 Å².